The lowest BCUT2D eigenvalue weighted by Crippen LogP contribution is -2.38. The Morgan fingerprint density at radius 1 is 0.963 bits per heavy atom. The van der Waals surface area contributed by atoms with Crippen LogP contribution in [0.4, 0.5) is 5.69 Å². The molecule has 0 saturated carbocycles. The van der Waals surface area contributed by atoms with Gasteiger partial charge in [-0.25, -0.2) is 0 Å². The minimum atomic E-state index is -0.249. The van der Waals surface area contributed by atoms with Gasteiger partial charge in [-0.1, -0.05) is 48.5 Å². The van der Waals surface area contributed by atoms with Crippen molar-refractivity contribution in [3.8, 4) is 0 Å². The fourth-order valence-corrected chi connectivity index (χ4v) is 3.83. The minimum Gasteiger partial charge on any atom is -0.383 e. The molecule has 0 atom stereocenters. The Kier molecular flexibility index (Phi) is 4.77. The first-order valence-electron chi connectivity index (χ1n) is 9.22. The van der Waals surface area contributed by atoms with Crippen molar-refractivity contribution in [1.82, 2.24) is 4.90 Å². The lowest BCUT2D eigenvalue weighted by atomic mass is 9.98. The molecule has 2 aromatic carbocycles. The Balaban J connectivity index is 1.85. The van der Waals surface area contributed by atoms with Gasteiger partial charge in [0.15, 0.2) is 0 Å². The minimum absolute atomic E-state index is 0.243. The molecular formula is C22H22N2O3. The van der Waals surface area contributed by atoms with E-state index in [1.807, 2.05) is 53.4 Å². The second-order valence-corrected chi connectivity index (χ2v) is 6.73. The summed E-state index contributed by atoms with van der Waals surface area (Å²) in [7, 11) is 1.57. The van der Waals surface area contributed by atoms with Crippen LogP contribution in [0.1, 0.15) is 17.5 Å². The number of anilines is 1. The summed E-state index contributed by atoms with van der Waals surface area (Å²) in [5.41, 5.74) is 3.96. The molecule has 0 bridgehead atoms. The van der Waals surface area contributed by atoms with Crippen molar-refractivity contribution in [2.45, 2.75) is 12.8 Å². The molecule has 0 radical (unpaired) electrons. The number of ether oxygens (including phenoxy) is 1. The quantitative estimate of drug-likeness (QED) is 0.768. The van der Waals surface area contributed by atoms with E-state index < -0.39 is 0 Å². The number of imide groups is 1. The standard InChI is InChI=1S/C22H22N2O3/c1-27-15-14-24-21(25)19(17-9-3-2-4-10-17)20(22(24)26)23-13-7-11-16-8-5-6-12-18(16)23/h2-6,8-10,12H,7,11,13-15H2,1H3. The molecule has 2 amide bonds. The van der Waals surface area contributed by atoms with Crippen LogP contribution in [-0.2, 0) is 20.7 Å². The van der Waals surface area contributed by atoms with Gasteiger partial charge < -0.3 is 9.64 Å². The van der Waals surface area contributed by atoms with Crippen LogP contribution in [0.25, 0.3) is 5.57 Å². The van der Waals surface area contributed by atoms with E-state index in [1.54, 1.807) is 7.11 Å². The third-order valence-corrected chi connectivity index (χ3v) is 5.11. The zero-order chi connectivity index (χ0) is 18.8. The van der Waals surface area contributed by atoms with Gasteiger partial charge in [0.05, 0.1) is 18.7 Å². The van der Waals surface area contributed by atoms with E-state index in [0.29, 0.717) is 17.9 Å². The average molecular weight is 362 g/mol. The number of nitrogens with zero attached hydrogens (tertiary/aromatic N) is 2. The summed E-state index contributed by atoms with van der Waals surface area (Å²) in [5, 5.41) is 0. The normalized spacial score (nSPS) is 16.9. The molecule has 27 heavy (non-hydrogen) atoms. The van der Waals surface area contributed by atoms with Crippen LogP contribution >= 0.6 is 0 Å². The number of hydrogen-bond acceptors (Lipinski definition) is 4. The summed E-state index contributed by atoms with van der Waals surface area (Å²) in [4.78, 5) is 29.7. The van der Waals surface area contributed by atoms with Crippen molar-refractivity contribution in [3.63, 3.8) is 0 Å². The van der Waals surface area contributed by atoms with Crippen molar-refractivity contribution in [1.29, 1.82) is 0 Å². The van der Waals surface area contributed by atoms with E-state index in [1.165, 1.54) is 10.5 Å². The summed E-state index contributed by atoms with van der Waals surface area (Å²) in [6, 6.07) is 17.6. The van der Waals surface area contributed by atoms with E-state index in [-0.39, 0.29) is 18.4 Å². The number of benzene rings is 2. The van der Waals surface area contributed by atoms with Gasteiger partial charge in [0.25, 0.3) is 11.8 Å². The maximum atomic E-state index is 13.3. The zero-order valence-corrected chi connectivity index (χ0v) is 15.4. The van der Waals surface area contributed by atoms with Gasteiger partial charge in [-0.2, -0.15) is 0 Å². The molecule has 2 aliphatic rings. The number of aryl methyl sites for hydroxylation is 1. The highest BCUT2D eigenvalue weighted by atomic mass is 16.5. The van der Waals surface area contributed by atoms with Crippen LogP contribution in [0.5, 0.6) is 0 Å². The molecule has 0 saturated heterocycles. The SMILES string of the molecule is COCCN1C(=O)C(c2ccccc2)=C(N2CCCc3ccccc32)C1=O. The van der Waals surface area contributed by atoms with Crippen LogP contribution in [0, 0.1) is 0 Å². The van der Waals surface area contributed by atoms with Crippen molar-refractivity contribution < 1.29 is 14.3 Å². The highest BCUT2D eigenvalue weighted by Gasteiger charge is 2.42. The third-order valence-electron chi connectivity index (χ3n) is 5.11. The number of carbonyl (C=O) groups is 2. The first-order valence-corrected chi connectivity index (χ1v) is 9.22. The lowest BCUT2D eigenvalue weighted by molar-refractivity contribution is -0.137. The zero-order valence-electron chi connectivity index (χ0n) is 15.4. The number of carbonyl (C=O) groups excluding carboxylic acids is 2. The molecule has 5 heteroatoms. The summed E-state index contributed by atoms with van der Waals surface area (Å²) in [6.45, 7) is 1.30. The smallest absolute Gasteiger partial charge is 0.278 e. The van der Waals surface area contributed by atoms with Gasteiger partial charge in [-0.15, -0.1) is 0 Å². The Morgan fingerprint density at radius 3 is 2.48 bits per heavy atom. The maximum absolute atomic E-state index is 13.3. The van der Waals surface area contributed by atoms with Crippen molar-refractivity contribution in [3.05, 3.63) is 71.4 Å². The van der Waals surface area contributed by atoms with Crippen LogP contribution in [0.2, 0.25) is 0 Å². The number of rotatable bonds is 5. The van der Waals surface area contributed by atoms with E-state index >= 15 is 0 Å². The molecule has 0 spiro atoms. The number of hydrogen-bond donors (Lipinski definition) is 0. The van der Waals surface area contributed by atoms with Gasteiger partial charge in [0.2, 0.25) is 0 Å². The maximum Gasteiger partial charge on any atom is 0.278 e. The van der Waals surface area contributed by atoms with Crippen LogP contribution in [0.3, 0.4) is 0 Å². The van der Waals surface area contributed by atoms with Gasteiger partial charge in [-0.3, -0.25) is 14.5 Å². The first-order chi connectivity index (χ1) is 13.2. The number of para-hydroxylation sites is 1. The lowest BCUT2D eigenvalue weighted by Gasteiger charge is -2.32. The molecule has 0 aliphatic carbocycles. The Hall–Kier alpha value is -2.92. The van der Waals surface area contributed by atoms with Gasteiger partial charge in [0, 0.05) is 19.3 Å². The molecule has 2 aromatic rings. The molecule has 0 unspecified atom stereocenters. The number of amides is 2. The third kappa shape index (κ3) is 3.04. The highest BCUT2D eigenvalue weighted by Crippen LogP contribution is 2.37. The molecule has 4 rings (SSSR count). The van der Waals surface area contributed by atoms with Crippen molar-refractivity contribution in [2.75, 3.05) is 31.7 Å². The fourth-order valence-electron chi connectivity index (χ4n) is 3.83. The van der Waals surface area contributed by atoms with E-state index in [4.69, 9.17) is 4.74 Å². The van der Waals surface area contributed by atoms with Gasteiger partial charge in [0.1, 0.15) is 5.70 Å². The molecule has 0 fully saturated rings. The van der Waals surface area contributed by atoms with Gasteiger partial charge in [-0.05, 0) is 30.0 Å². The van der Waals surface area contributed by atoms with Crippen molar-refractivity contribution >= 4 is 23.1 Å². The summed E-state index contributed by atoms with van der Waals surface area (Å²) >= 11 is 0. The monoisotopic (exact) mass is 362 g/mol. The second kappa shape index (κ2) is 7.37. The summed E-state index contributed by atoms with van der Waals surface area (Å²) < 4.78 is 5.10. The second-order valence-electron chi connectivity index (χ2n) is 6.73. The topological polar surface area (TPSA) is 49.9 Å². The molecule has 2 aliphatic heterocycles. The number of fused-ring (bicyclic) bond motifs is 1. The predicted octanol–water partition coefficient (Wildman–Crippen LogP) is 2.87. The molecule has 2 heterocycles. The molecule has 138 valence electrons. The molecule has 0 N–H and O–H groups in total. The predicted molar refractivity (Wildman–Crippen MR) is 104 cm³/mol. The van der Waals surface area contributed by atoms with Crippen LogP contribution in [-0.4, -0.2) is 43.5 Å². The summed E-state index contributed by atoms with van der Waals surface area (Å²) in [5.74, 6) is -0.492. The summed E-state index contributed by atoms with van der Waals surface area (Å²) in [6.07, 6.45) is 1.93. The molecular weight excluding hydrogens is 340 g/mol. The van der Waals surface area contributed by atoms with E-state index in [2.05, 4.69) is 6.07 Å². The Labute approximate surface area is 158 Å². The number of methoxy groups -OCH3 is 1. The van der Waals surface area contributed by atoms with Crippen molar-refractivity contribution in [2.24, 2.45) is 0 Å². The van der Waals surface area contributed by atoms with Crippen LogP contribution in [0.15, 0.2) is 60.3 Å². The Morgan fingerprint density at radius 2 is 1.70 bits per heavy atom. The average Bonchev–Trinajstić information content (AvgIpc) is 2.96. The molecule has 5 nitrogen and oxygen atoms in total. The van der Waals surface area contributed by atoms with Crippen LogP contribution < -0.4 is 4.90 Å². The van der Waals surface area contributed by atoms with E-state index in [0.717, 1.165) is 30.6 Å². The largest absolute Gasteiger partial charge is 0.383 e. The highest BCUT2D eigenvalue weighted by molar-refractivity contribution is 6.36. The van der Waals surface area contributed by atoms with Gasteiger partial charge >= 0.3 is 0 Å². The molecule has 0 aromatic heterocycles. The first kappa shape index (κ1) is 17.5. The fraction of sp³-hybridized carbons (Fsp3) is 0.273. The van der Waals surface area contributed by atoms with E-state index in [9.17, 15) is 9.59 Å². The Bertz CT molecular complexity index is 905.